The van der Waals surface area contributed by atoms with Crippen LogP contribution in [0.15, 0.2) is 0 Å². The second kappa shape index (κ2) is 9.47. The van der Waals surface area contributed by atoms with Crippen molar-refractivity contribution in [1.82, 2.24) is 5.32 Å². The molecule has 0 saturated carbocycles. The molecule has 0 rings (SSSR count). The van der Waals surface area contributed by atoms with Gasteiger partial charge in [0.15, 0.2) is 0 Å². The van der Waals surface area contributed by atoms with Gasteiger partial charge in [-0.1, -0.05) is 27.7 Å². The molecule has 0 spiro atoms. The number of hydrogen-bond donors (Lipinski definition) is 1. The highest BCUT2D eigenvalue weighted by Crippen LogP contribution is 2.02. The summed E-state index contributed by atoms with van der Waals surface area (Å²) in [5, 5.41) is 3.37. The van der Waals surface area contributed by atoms with Crippen molar-refractivity contribution in [2.75, 3.05) is 19.8 Å². The van der Waals surface area contributed by atoms with Crippen molar-refractivity contribution < 1.29 is 4.74 Å². The van der Waals surface area contributed by atoms with Gasteiger partial charge in [0.2, 0.25) is 0 Å². The topological polar surface area (TPSA) is 21.3 Å². The van der Waals surface area contributed by atoms with Crippen LogP contribution in [0, 0.1) is 5.92 Å². The molecule has 0 amide bonds. The van der Waals surface area contributed by atoms with Crippen molar-refractivity contribution in [3.63, 3.8) is 0 Å². The van der Waals surface area contributed by atoms with Gasteiger partial charge in [-0.25, -0.2) is 0 Å². The number of hydrogen-bond acceptors (Lipinski definition) is 2. The Morgan fingerprint density at radius 1 is 1.00 bits per heavy atom. The third-order valence-corrected chi connectivity index (χ3v) is 2.09. The summed E-state index contributed by atoms with van der Waals surface area (Å²) in [6.45, 7) is 11.8. The predicted molar refractivity (Wildman–Crippen MR) is 62.6 cm³/mol. The molecule has 0 aliphatic carbocycles. The Morgan fingerprint density at radius 3 is 2.21 bits per heavy atom. The molecule has 0 fully saturated rings. The summed E-state index contributed by atoms with van der Waals surface area (Å²) < 4.78 is 5.53. The molecular weight excluding hydrogens is 174 g/mol. The van der Waals surface area contributed by atoms with Gasteiger partial charge in [0.25, 0.3) is 0 Å². The molecule has 0 aliphatic rings. The van der Waals surface area contributed by atoms with Gasteiger partial charge in [0.05, 0.1) is 0 Å². The molecule has 2 nitrogen and oxygen atoms in total. The van der Waals surface area contributed by atoms with Crippen molar-refractivity contribution in [3.8, 4) is 0 Å². The van der Waals surface area contributed by atoms with E-state index in [1.807, 2.05) is 0 Å². The van der Waals surface area contributed by atoms with Gasteiger partial charge in [-0.15, -0.1) is 0 Å². The molecule has 1 N–H and O–H groups in total. The first-order valence-electron chi connectivity index (χ1n) is 5.94. The van der Waals surface area contributed by atoms with Crippen LogP contribution < -0.4 is 5.32 Å². The Morgan fingerprint density at radius 2 is 1.64 bits per heavy atom. The summed E-state index contributed by atoms with van der Waals surface area (Å²) in [4.78, 5) is 0. The minimum absolute atomic E-state index is 0.593. The van der Waals surface area contributed by atoms with E-state index in [0.29, 0.717) is 6.04 Å². The third kappa shape index (κ3) is 11.9. The van der Waals surface area contributed by atoms with E-state index in [9.17, 15) is 0 Å². The van der Waals surface area contributed by atoms with Crippen LogP contribution in [0.1, 0.15) is 47.0 Å². The van der Waals surface area contributed by atoms with Crippen molar-refractivity contribution in [1.29, 1.82) is 0 Å². The smallest absolute Gasteiger partial charge is 0.0478 e. The zero-order chi connectivity index (χ0) is 10.8. The van der Waals surface area contributed by atoms with Crippen molar-refractivity contribution in [3.05, 3.63) is 0 Å². The van der Waals surface area contributed by atoms with Crippen LogP contribution in [0.3, 0.4) is 0 Å². The molecule has 0 unspecified atom stereocenters. The molecule has 0 aromatic heterocycles. The Bertz CT molecular complexity index is 98.9. The number of nitrogens with one attached hydrogen (secondary N) is 1. The summed E-state index contributed by atoms with van der Waals surface area (Å²) in [5.41, 5.74) is 0. The van der Waals surface area contributed by atoms with E-state index >= 15 is 0 Å². The average molecular weight is 201 g/mol. The van der Waals surface area contributed by atoms with Crippen molar-refractivity contribution >= 4 is 0 Å². The maximum Gasteiger partial charge on any atom is 0.0478 e. The third-order valence-electron chi connectivity index (χ3n) is 2.09. The molecule has 0 saturated heterocycles. The van der Waals surface area contributed by atoms with Gasteiger partial charge in [-0.05, 0) is 31.7 Å². The first-order valence-corrected chi connectivity index (χ1v) is 5.94. The lowest BCUT2D eigenvalue weighted by molar-refractivity contribution is 0.125. The molecule has 14 heavy (non-hydrogen) atoms. The molecule has 0 atom stereocenters. The highest BCUT2D eigenvalue weighted by atomic mass is 16.5. The second-order valence-corrected chi connectivity index (χ2v) is 4.61. The van der Waals surface area contributed by atoms with Gasteiger partial charge in [-0.2, -0.15) is 0 Å². The zero-order valence-corrected chi connectivity index (χ0v) is 10.3. The van der Waals surface area contributed by atoms with Crippen molar-refractivity contribution in [2.24, 2.45) is 5.92 Å². The van der Waals surface area contributed by atoms with E-state index in [-0.39, 0.29) is 0 Å². The maximum atomic E-state index is 5.53. The van der Waals surface area contributed by atoms with E-state index in [1.54, 1.807) is 0 Å². The van der Waals surface area contributed by atoms with Gasteiger partial charge in [-0.3, -0.25) is 0 Å². The molecule has 86 valence electrons. The minimum Gasteiger partial charge on any atom is -0.381 e. The van der Waals surface area contributed by atoms with E-state index in [1.165, 1.54) is 12.8 Å². The fourth-order valence-electron chi connectivity index (χ4n) is 1.26. The highest BCUT2D eigenvalue weighted by molar-refractivity contribution is 4.52. The summed E-state index contributed by atoms with van der Waals surface area (Å²) in [6.07, 6.45) is 3.61. The quantitative estimate of drug-likeness (QED) is 0.579. The van der Waals surface area contributed by atoms with E-state index < -0.39 is 0 Å². The van der Waals surface area contributed by atoms with Gasteiger partial charge >= 0.3 is 0 Å². The molecule has 0 aromatic rings. The summed E-state index contributed by atoms with van der Waals surface area (Å²) in [7, 11) is 0. The van der Waals surface area contributed by atoms with Crippen LogP contribution in [0.2, 0.25) is 0 Å². The molecule has 0 bridgehead atoms. The molecule has 0 aliphatic heterocycles. The summed E-state index contributed by atoms with van der Waals surface area (Å²) in [6, 6.07) is 0.593. The Kier molecular flexibility index (Phi) is 9.42. The van der Waals surface area contributed by atoms with Crippen LogP contribution in [-0.2, 0) is 4.74 Å². The number of rotatable bonds is 9. The predicted octanol–water partition coefficient (Wildman–Crippen LogP) is 2.83. The summed E-state index contributed by atoms with van der Waals surface area (Å²) in [5.74, 6) is 0.807. The van der Waals surface area contributed by atoms with E-state index in [4.69, 9.17) is 4.74 Å². The lowest BCUT2D eigenvalue weighted by atomic mass is 10.1. The maximum absolute atomic E-state index is 5.53. The first kappa shape index (κ1) is 13.9. The largest absolute Gasteiger partial charge is 0.381 e. The lowest BCUT2D eigenvalue weighted by Crippen LogP contribution is -2.24. The van der Waals surface area contributed by atoms with Crippen molar-refractivity contribution in [2.45, 2.75) is 53.0 Å². The molecule has 0 aromatic carbocycles. The fourth-order valence-corrected chi connectivity index (χ4v) is 1.26. The molecule has 0 radical (unpaired) electrons. The average Bonchev–Trinajstić information content (AvgIpc) is 2.08. The SMILES string of the molecule is CC(C)CCCOCCCNC(C)C. The second-order valence-electron chi connectivity index (χ2n) is 4.61. The molecule has 0 heterocycles. The van der Waals surface area contributed by atoms with E-state index in [2.05, 4.69) is 33.0 Å². The van der Waals surface area contributed by atoms with Gasteiger partial charge in [0.1, 0.15) is 0 Å². The van der Waals surface area contributed by atoms with Crippen LogP contribution in [0.5, 0.6) is 0 Å². The lowest BCUT2D eigenvalue weighted by Gasteiger charge is -2.08. The van der Waals surface area contributed by atoms with Crippen LogP contribution in [-0.4, -0.2) is 25.8 Å². The monoisotopic (exact) mass is 201 g/mol. The number of ether oxygens (including phenoxy) is 1. The van der Waals surface area contributed by atoms with Gasteiger partial charge < -0.3 is 10.1 Å². The Hall–Kier alpha value is -0.0800. The van der Waals surface area contributed by atoms with Gasteiger partial charge in [0, 0.05) is 19.3 Å². The van der Waals surface area contributed by atoms with Crippen LogP contribution >= 0.6 is 0 Å². The first-order chi connectivity index (χ1) is 6.63. The fraction of sp³-hybridized carbons (Fsp3) is 1.00. The molecular formula is C12H27NO. The van der Waals surface area contributed by atoms with Crippen LogP contribution in [0.25, 0.3) is 0 Å². The summed E-state index contributed by atoms with van der Waals surface area (Å²) >= 11 is 0. The molecule has 2 heteroatoms. The zero-order valence-electron chi connectivity index (χ0n) is 10.3. The highest BCUT2D eigenvalue weighted by Gasteiger charge is 1.95. The Balaban J connectivity index is 2.92. The van der Waals surface area contributed by atoms with Crippen LogP contribution in [0.4, 0.5) is 0 Å². The minimum atomic E-state index is 0.593. The normalized spacial score (nSPS) is 11.6. The standard InChI is InChI=1S/C12H27NO/c1-11(2)7-5-9-14-10-6-8-13-12(3)4/h11-13H,5-10H2,1-4H3. The Labute approximate surface area is 89.4 Å². The van der Waals surface area contributed by atoms with E-state index in [0.717, 1.165) is 32.1 Å².